The summed E-state index contributed by atoms with van der Waals surface area (Å²) in [6.45, 7) is 6.10. The summed E-state index contributed by atoms with van der Waals surface area (Å²) >= 11 is 3.45. The lowest BCUT2D eigenvalue weighted by Gasteiger charge is -2.30. The number of nitrogens with one attached hydrogen (secondary N) is 1. The number of halogens is 1. The van der Waals surface area contributed by atoms with Crippen LogP contribution in [0.4, 0.5) is 0 Å². The predicted octanol–water partition coefficient (Wildman–Crippen LogP) is 4.00. The highest BCUT2D eigenvalue weighted by Crippen LogP contribution is 2.22. The Hall–Kier alpha value is -2.34. The Morgan fingerprint density at radius 2 is 1.82 bits per heavy atom. The van der Waals surface area contributed by atoms with E-state index in [2.05, 4.69) is 21.2 Å². The maximum absolute atomic E-state index is 13.0. The molecule has 0 fully saturated rings. The van der Waals surface area contributed by atoms with Crippen molar-refractivity contribution in [3.63, 3.8) is 0 Å². The highest BCUT2D eigenvalue weighted by Gasteiger charge is 2.28. The van der Waals surface area contributed by atoms with Gasteiger partial charge in [-0.1, -0.05) is 52.7 Å². The van der Waals surface area contributed by atoms with Crippen LogP contribution in [0.25, 0.3) is 0 Å². The molecule has 0 aliphatic carbocycles. The van der Waals surface area contributed by atoms with Gasteiger partial charge in [0.15, 0.2) is 6.61 Å². The number of ether oxygens (including phenoxy) is 1. The second kappa shape index (κ2) is 10.3. The molecule has 5 nitrogen and oxygen atoms in total. The zero-order valence-electron chi connectivity index (χ0n) is 16.8. The van der Waals surface area contributed by atoms with Crippen molar-refractivity contribution in [3.05, 3.63) is 63.6 Å². The summed E-state index contributed by atoms with van der Waals surface area (Å²) in [6.07, 6.45) is 0.522. The Bertz CT molecular complexity index is 821. The van der Waals surface area contributed by atoms with Gasteiger partial charge in [-0.05, 0) is 49.6 Å². The van der Waals surface area contributed by atoms with Crippen molar-refractivity contribution < 1.29 is 14.3 Å². The monoisotopic (exact) mass is 446 g/mol. The number of amides is 2. The van der Waals surface area contributed by atoms with E-state index >= 15 is 0 Å². The van der Waals surface area contributed by atoms with E-state index in [1.54, 1.807) is 11.9 Å². The van der Waals surface area contributed by atoms with Gasteiger partial charge in [0.1, 0.15) is 11.8 Å². The van der Waals surface area contributed by atoms with Gasteiger partial charge in [0.2, 0.25) is 5.91 Å². The van der Waals surface area contributed by atoms with Crippen molar-refractivity contribution in [3.8, 4) is 5.75 Å². The lowest BCUT2D eigenvalue weighted by molar-refractivity contribution is -0.142. The third-order valence-corrected chi connectivity index (χ3v) is 5.49. The zero-order chi connectivity index (χ0) is 20.7. The molecule has 0 bridgehead atoms. The van der Waals surface area contributed by atoms with Crippen LogP contribution < -0.4 is 10.1 Å². The molecule has 1 N–H and O–H groups in total. The van der Waals surface area contributed by atoms with Gasteiger partial charge in [-0.15, -0.1) is 0 Å². The first-order chi connectivity index (χ1) is 13.3. The van der Waals surface area contributed by atoms with Crippen molar-refractivity contribution >= 4 is 27.7 Å². The van der Waals surface area contributed by atoms with Gasteiger partial charge in [0.25, 0.3) is 5.91 Å². The number of carbonyl (C=O) groups is 2. The fraction of sp³-hybridized carbons (Fsp3) is 0.364. The maximum atomic E-state index is 13.0. The third kappa shape index (κ3) is 5.83. The molecule has 150 valence electrons. The summed E-state index contributed by atoms with van der Waals surface area (Å²) in [4.78, 5) is 26.9. The first-order valence-electron chi connectivity index (χ1n) is 9.31. The molecular formula is C22H27BrN2O3. The number of aryl methyl sites for hydroxylation is 2. The number of rotatable bonds is 8. The first-order valence-corrected chi connectivity index (χ1v) is 10.1. The van der Waals surface area contributed by atoms with Gasteiger partial charge < -0.3 is 15.0 Å². The maximum Gasteiger partial charge on any atom is 0.261 e. The second-order valence-electron chi connectivity index (χ2n) is 6.75. The number of carbonyl (C=O) groups excluding carboxylic acids is 2. The van der Waals surface area contributed by atoms with Gasteiger partial charge in [-0.3, -0.25) is 9.59 Å². The van der Waals surface area contributed by atoms with E-state index in [9.17, 15) is 9.59 Å². The van der Waals surface area contributed by atoms with Gasteiger partial charge in [0, 0.05) is 18.1 Å². The molecule has 1 atom stereocenters. The molecule has 28 heavy (non-hydrogen) atoms. The Labute approximate surface area is 175 Å². The SMILES string of the molecule is CCC(C(=O)NC)N(Cc1ccc(C)cc1)C(=O)COc1ccc(Br)c(C)c1. The summed E-state index contributed by atoms with van der Waals surface area (Å²) in [5.41, 5.74) is 3.15. The van der Waals surface area contributed by atoms with Gasteiger partial charge in [-0.25, -0.2) is 0 Å². The smallest absolute Gasteiger partial charge is 0.261 e. The van der Waals surface area contributed by atoms with Crippen molar-refractivity contribution in [2.24, 2.45) is 0 Å². The molecule has 0 saturated heterocycles. The number of hydrogen-bond acceptors (Lipinski definition) is 3. The van der Waals surface area contributed by atoms with Crippen LogP contribution in [0.5, 0.6) is 5.75 Å². The molecule has 0 spiro atoms. The molecule has 2 amide bonds. The molecule has 6 heteroatoms. The van der Waals surface area contributed by atoms with E-state index in [0.29, 0.717) is 18.7 Å². The summed E-state index contributed by atoms with van der Waals surface area (Å²) in [5, 5.41) is 2.65. The lowest BCUT2D eigenvalue weighted by Crippen LogP contribution is -2.49. The molecule has 2 rings (SSSR count). The number of hydrogen-bond donors (Lipinski definition) is 1. The Balaban J connectivity index is 2.18. The minimum atomic E-state index is -0.547. The van der Waals surface area contributed by atoms with E-state index in [0.717, 1.165) is 21.2 Å². The highest BCUT2D eigenvalue weighted by atomic mass is 79.9. The van der Waals surface area contributed by atoms with Gasteiger partial charge >= 0.3 is 0 Å². The van der Waals surface area contributed by atoms with Crippen LogP contribution in [0, 0.1) is 13.8 Å². The average molecular weight is 447 g/mol. The molecule has 2 aromatic rings. The van der Waals surface area contributed by atoms with Crippen LogP contribution in [0.2, 0.25) is 0 Å². The molecule has 1 unspecified atom stereocenters. The van der Waals surface area contributed by atoms with Crippen molar-refractivity contribution in [2.45, 2.75) is 39.8 Å². The number of likely N-dealkylation sites (N-methyl/N-ethyl adjacent to an activating group) is 1. The number of nitrogens with zero attached hydrogens (tertiary/aromatic N) is 1. The summed E-state index contributed by atoms with van der Waals surface area (Å²) in [6, 6.07) is 13.0. The van der Waals surface area contributed by atoms with Crippen LogP contribution in [-0.4, -0.2) is 36.4 Å². The van der Waals surface area contributed by atoms with Crippen LogP contribution >= 0.6 is 15.9 Å². The standard InChI is InChI=1S/C22H27BrN2O3/c1-5-20(22(27)24-4)25(13-17-8-6-15(2)7-9-17)21(26)14-28-18-10-11-19(23)16(3)12-18/h6-12,20H,5,13-14H2,1-4H3,(H,24,27). The first kappa shape index (κ1) is 22.0. The van der Waals surface area contributed by atoms with Gasteiger partial charge in [-0.2, -0.15) is 0 Å². The molecule has 0 aliphatic heterocycles. The Morgan fingerprint density at radius 3 is 2.39 bits per heavy atom. The molecule has 0 heterocycles. The molecule has 0 saturated carbocycles. The van der Waals surface area contributed by atoms with Crippen molar-refractivity contribution in [1.29, 1.82) is 0 Å². The Morgan fingerprint density at radius 1 is 1.14 bits per heavy atom. The molecule has 0 aromatic heterocycles. The third-order valence-electron chi connectivity index (χ3n) is 4.60. The minimum absolute atomic E-state index is 0.125. The fourth-order valence-corrected chi connectivity index (χ4v) is 3.16. The van der Waals surface area contributed by atoms with Crippen molar-refractivity contribution in [1.82, 2.24) is 10.2 Å². The van der Waals surface area contributed by atoms with E-state index in [-0.39, 0.29) is 18.4 Å². The fourth-order valence-electron chi connectivity index (χ4n) is 2.91. The summed E-state index contributed by atoms with van der Waals surface area (Å²) in [7, 11) is 1.58. The average Bonchev–Trinajstić information content (AvgIpc) is 2.69. The van der Waals surface area contributed by atoms with E-state index in [1.807, 2.05) is 63.2 Å². The van der Waals surface area contributed by atoms with Crippen LogP contribution in [0.15, 0.2) is 46.9 Å². The van der Waals surface area contributed by atoms with Gasteiger partial charge in [0.05, 0.1) is 0 Å². The predicted molar refractivity (Wildman–Crippen MR) is 114 cm³/mol. The molecule has 0 aliphatic rings. The number of benzene rings is 2. The van der Waals surface area contributed by atoms with Crippen LogP contribution in [0.1, 0.15) is 30.0 Å². The van der Waals surface area contributed by atoms with E-state index in [4.69, 9.17) is 4.74 Å². The minimum Gasteiger partial charge on any atom is -0.484 e. The van der Waals surface area contributed by atoms with Crippen molar-refractivity contribution in [2.75, 3.05) is 13.7 Å². The molecular weight excluding hydrogens is 420 g/mol. The molecule has 0 radical (unpaired) electrons. The zero-order valence-corrected chi connectivity index (χ0v) is 18.4. The summed E-state index contributed by atoms with van der Waals surface area (Å²) in [5.74, 6) is 0.219. The van der Waals surface area contributed by atoms with E-state index < -0.39 is 6.04 Å². The lowest BCUT2D eigenvalue weighted by atomic mass is 10.1. The van der Waals surface area contributed by atoms with Crippen LogP contribution in [-0.2, 0) is 16.1 Å². The second-order valence-corrected chi connectivity index (χ2v) is 7.60. The Kier molecular flexibility index (Phi) is 8.05. The van der Waals surface area contributed by atoms with E-state index in [1.165, 1.54) is 0 Å². The quantitative estimate of drug-likeness (QED) is 0.666. The molecule has 2 aromatic carbocycles. The summed E-state index contributed by atoms with van der Waals surface area (Å²) < 4.78 is 6.69. The normalized spacial score (nSPS) is 11.6. The topological polar surface area (TPSA) is 58.6 Å². The largest absolute Gasteiger partial charge is 0.484 e. The van der Waals surface area contributed by atoms with Crippen LogP contribution in [0.3, 0.4) is 0 Å². The highest BCUT2D eigenvalue weighted by molar-refractivity contribution is 9.10.